The van der Waals surface area contributed by atoms with Crippen LogP contribution in [0.25, 0.3) is 0 Å². The molecule has 1 saturated carbocycles. The molecule has 2 atom stereocenters. The Labute approximate surface area is 84.5 Å². The Morgan fingerprint density at radius 1 is 1.50 bits per heavy atom. The molecule has 1 heterocycles. The molecule has 0 saturated heterocycles. The molecule has 0 aliphatic heterocycles. The molecular formula is C10H18N4. The standard InChI is InChI=1S/C10H18N4/c1-9-3-2-4-10(5-9,6-11)14-7-12-13-8-14/h7-9H,2-6,11H2,1H3. The Morgan fingerprint density at radius 2 is 2.21 bits per heavy atom. The Hall–Kier alpha value is -0.900. The van der Waals surface area contributed by atoms with Crippen LogP contribution in [-0.4, -0.2) is 21.3 Å². The second-order valence-corrected chi connectivity index (χ2v) is 4.50. The maximum atomic E-state index is 5.92. The van der Waals surface area contributed by atoms with E-state index < -0.39 is 0 Å². The molecule has 4 nitrogen and oxygen atoms in total. The quantitative estimate of drug-likeness (QED) is 0.768. The highest BCUT2D eigenvalue weighted by molar-refractivity contribution is 4.93. The van der Waals surface area contributed by atoms with E-state index >= 15 is 0 Å². The topological polar surface area (TPSA) is 56.7 Å². The van der Waals surface area contributed by atoms with Crippen LogP contribution in [0.2, 0.25) is 0 Å². The zero-order valence-electron chi connectivity index (χ0n) is 8.69. The zero-order chi connectivity index (χ0) is 10.0. The van der Waals surface area contributed by atoms with Crippen LogP contribution < -0.4 is 5.73 Å². The highest BCUT2D eigenvalue weighted by atomic mass is 15.3. The third kappa shape index (κ3) is 1.54. The fourth-order valence-corrected chi connectivity index (χ4v) is 2.60. The van der Waals surface area contributed by atoms with Crippen molar-refractivity contribution in [2.24, 2.45) is 11.7 Å². The number of hydrogen-bond acceptors (Lipinski definition) is 3. The van der Waals surface area contributed by atoms with Crippen LogP contribution in [0.3, 0.4) is 0 Å². The molecule has 4 heteroatoms. The molecule has 1 aromatic rings. The van der Waals surface area contributed by atoms with E-state index in [1.54, 1.807) is 12.7 Å². The smallest absolute Gasteiger partial charge is 0.119 e. The third-order valence-corrected chi connectivity index (χ3v) is 3.41. The fraction of sp³-hybridized carbons (Fsp3) is 0.800. The molecule has 0 radical (unpaired) electrons. The summed E-state index contributed by atoms with van der Waals surface area (Å²) in [7, 11) is 0. The van der Waals surface area contributed by atoms with Crippen molar-refractivity contribution in [1.29, 1.82) is 0 Å². The monoisotopic (exact) mass is 194 g/mol. The van der Waals surface area contributed by atoms with Crippen molar-refractivity contribution in [3.8, 4) is 0 Å². The fourth-order valence-electron chi connectivity index (χ4n) is 2.60. The minimum Gasteiger partial charge on any atom is -0.328 e. The van der Waals surface area contributed by atoms with Crippen LogP contribution in [0.1, 0.15) is 32.6 Å². The van der Waals surface area contributed by atoms with E-state index in [2.05, 4.69) is 21.7 Å². The summed E-state index contributed by atoms with van der Waals surface area (Å²) in [5.41, 5.74) is 6.00. The molecule has 0 bridgehead atoms. The molecule has 2 rings (SSSR count). The summed E-state index contributed by atoms with van der Waals surface area (Å²) in [5.74, 6) is 0.759. The predicted octanol–water partition coefficient (Wildman–Crippen LogP) is 1.14. The molecule has 0 aromatic carbocycles. The van der Waals surface area contributed by atoms with Crippen molar-refractivity contribution >= 4 is 0 Å². The van der Waals surface area contributed by atoms with Gasteiger partial charge in [0.2, 0.25) is 0 Å². The molecule has 78 valence electrons. The average molecular weight is 194 g/mol. The Morgan fingerprint density at radius 3 is 2.79 bits per heavy atom. The van der Waals surface area contributed by atoms with Gasteiger partial charge in [-0.15, -0.1) is 10.2 Å². The summed E-state index contributed by atoms with van der Waals surface area (Å²) >= 11 is 0. The summed E-state index contributed by atoms with van der Waals surface area (Å²) in [6.07, 6.45) is 8.49. The minimum atomic E-state index is 0.0845. The molecule has 1 aliphatic carbocycles. The number of aromatic nitrogens is 3. The maximum absolute atomic E-state index is 5.92. The van der Waals surface area contributed by atoms with Crippen molar-refractivity contribution in [2.75, 3.05) is 6.54 Å². The van der Waals surface area contributed by atoms with Gasteiger partial charge in [0, 0.05) is 6.54 Å². The van der Waals surface area contributed by atoms with Crippen LogP contribution in [0.15, 0.2) is 12.7 Å². The van der Waals surface area contributed by atoms with E-state index in [4.69, 9.17) is 5.73 Å². The van der Waals surface area contributed by atoms with Crippen molar-refractivity contribution in [3.05, 3.63) is 12.7 Å². The first-order valence-corrected chi connectivity index (χ1v) is 5.32. The van der Waals surface area contributed by atoms with E-state index in [0.717, 1.165) is 18.8 Å². The second kappa shape index (κ2) is 3.69. The molecule has 0 amide bonds. The van der Waals surface area contributed by atoms with Crippen molar-refractivity contribution in [1.82, 2.24) is 14.8 Å². The molecule has 14 heavy (non-hydrogen) atoms. The van der Waals surface area contributed by atoms with Crippen LogP contribution >= 0.6 is 0 Å². The van der Waals surface area contributed by atoms with Gasteiger partial charge in [-0.1, -0.05) is 19.8 Å². The van der Waals surface area contributed by atoms with Crippen LogP contribution in [0.4, 0.5) is 0 Å². The Balaban J connectivity index is 2.25. The van der Waals surface area contributed by atoms with E-state index in [1.165, 1.54) is 12.8 Å². The van der Waals surface area contributed by atoms with Crippen molar-refractivity contribution in [2.45, 2.75) is 38.1 Å². The lowest BCUT2D eigenvalue weighted by Gasteiger charge is -2.39. The highest BCUT2D eigenvalue weighted by Crippen LogP contribution is 2.36. The van der Waals surface area contributed by atoms with Gasteiger partial charge in [0.25, 0.3) is 0 Å². The van der Waals surface area contributed by atoms with Gasteiger partial charge in [0.15, 0.2) is 0 Å². The lowest BCUT2D eigenvalue weighted by atomic mass is 9.76. The Kier molecular flexibility index (Phi) is 2.54. The van der Waals surface area contributed by atoms with Gasteiger partial charge in [-0.25, -0.2) is 0 Å². The predicted molar refractivity (Wildman–Crippen MR) is 54.7 cm³/mol. The first-order valence-electron chi connectivity index (χ1n) is 5.32. The van der Waals surface area contributed by atoms with Crippen LogP contribution in [-0.2, 0) is 5.54 Å². The molecule has 0 spiro atoms. The van der Waals surface area contributed by atoms with Gasteiger partial charge >= 0.3 is 0 Å². The normalized spacial score (nSPS) is 33.1. The summed E-state index contributed by atoms with van der Waals surface area (Å²) in [6, 6.07) is 0. The number of nitrogens with two attached hydrogens (primary N) is 1. The zero-order valence-corrected chi connectivity index (χ0v) is 8.69. The molecule has 1 aliphatic rings. The molecule has 1 aromatic heterocycles. The van der Waals surface area contributed by atoms with E-state index in [0.29, 0.717) is 6.54 Å². The minimum absolute atomic E-state index is 0.0845. The second-order valence-electron chi connectivity index (χ2n) is 4.50. The molecule has 2 N–H and O–H groups in total. The number of rotatable bonds is 2. The summed E-state index contributed by atoms with van der Waals surface area (Å²) < 4.78 is 2.10. The largest absolute Gasteiger partial charge is 0.328 e. The van der Waals surface area contributed by atoms with Gasteiger partial charge in [-0.05, 0) is 18.8 Å². The van der Waals surface area contributed by atoms with Gasteiger partial charge in [0.05, 0.1) is 5.54 Å². The third-order valence-electron chi connectivity index (χ3n) is 3.41. The van der Waals surface area contributed by atoms with E-state index in [1.807, 2.05) is 0 Å². The molecular weight excluding hydrogens is 176 g/mol. The van der Waals surface area contributed by atoms with Gasteiger partial charge in [0.1, 0.15) is 12.7 Å². The maximum Gasteiger partial charge on any atom is 0.119 e. The summed E-state index contributed by atoms with van der Waals surface area (Å²) in [5, 5.41) is 7.75. The lowest BCUT2D eigenvalue weighted by Crippen LogP contribution is -2.44. The van der Waals surface area contributed by atoms with Crippen molar-refractivity contribution < 1.29 is 0 Å². The first kappa shape index (κ1) is 9.65. The van der Waals surface area contributed by atoms with Gasteiger partial charge in [-0.3, -0.25) is 0 Å². The summed E-state index contributed by atoms with van der Waals surface area (Å²) in [4.78, 5) is 0. The Bertz CT molecular complexity index is 282. The van der Waals surface area contributed by atoms with Crippen LogP contribution in [0, 0.1) is 5.92 Å². The number of hydrogen-bond donors (Lipinski definition) is 1. The van der Waals surface area contributed by atoms with Crippen LogP contribution in [0.5, 0.6) is 0 Å². The van der Waals surface area contributed by atoms with E-state index in [-0.39, 0.29) is 5.54 Å². The van der Waals surface area contributed by atoms with Crippen molar-refractivity contribution in [3.63, 3.8) is 0 Å². The molecule has 2 unspecified atom stereocenters. The first-order chi connectivity index (χ1) is 6.77. The number of nitrogens with zero attached hydrogens (tertiary/aromatic N) is 3. The average Bonchev–Trinajstić information content (AvgIpc) is 2.71. The van der Waals surface area contributed by atoms with E-state index in [9.17, 15) is 0 Å². The lowest BCUT2D eigenvalue weighted by molar-refractivity contribution is 0.159. The summed E-state index contributed by atoms with van der Waals surface area (Å²) in [6.45, 7) is 2.99. The SMILES string of the molecule is CC1CCCC(CN)(n2cnnc2)C1. The molecule has 1 fully saturated rings. The highest BCUT2D eigenvalue weighted by Gasteiger charge is 2.35. The van der Waals surface area contributed by atoms with Gasteiger partial charge < -0.3 is 10.3 Å². The van der Waals surface area contributed by atoms with Gasteiger partial charge in [-0.2, -0.15) is 0 Å².